The summed E-state index contributed by atoms with van der Waals surface area (Å²) in [5, 5.41) is 26.4. The van der Waals surface area contributed by atoms with Crippen molar-refractivity contribution in [3.8, 4) is 0 Å². The maximum atomic E-state index is 11.2. The van der Waals surface area contributed by atoms with Crippen LogP contribution in [-0.4, -0.2) is 15.6 Å². The molecular formula is C16H20N4O4. The highest BCUT2D eigenvalue weighted by Gasteiger charge is 2.60. The number of nitrogens with one attached hydrogen (secondary N) is 1. The van der Waals surface area contributed by atoms with Crippen molar-refractivity contribution in [2.45, 2.75) is 40.0 Å². The molecule has 0 aliphatic heterocycles. The van der Waals surface area contributed by atoms with Gasteiger partial charge in [-0.2, -0.15) is 5.10 Å². The second-order valence-corrected chi connectivity index (χ2v) is 7.38. The van der Waals surface area contributed by atoms with E-state index in [9.17, 15) is 20.2 Å². The quantitative estimate of drug-likeness (QED) is 0.658. The van der Waals surface area contributed by atoms with E-state index >= 15 is 0 Å². The Morgan fingerprint density at radius 3 is 2.42 bits per heavy atom. The lowest BCUT2D eigenvalue weighted by Crippen LogP contribution is -2.32. The lowest BCUT2D eigenvalue weighted by molar-refractivity contribution is -0.393. The second kappa shape index (κ2) is 5.25. The summed E-state index contributed by atoms with van der Waals surface area (Å²) in [5.41, 5.74) is 3.46. The van der Waals surface area contributed by atoms with Crippen LogP contribution < -0.4 is 5.43 Å². The van der Waals surface area contributed by atoms with Crippen molar-refractivity contribution < 1.29 is 9.85 Å². The van der Waals surface area contributed by atoms with Gasteiger partial charge in [0, 0.05) is 17.2 Å². The van der Waals surface area contributed by atoms with Gasteiger partial charge in [0.15, 0.2) is 0 Å². The molecule has 2 aliphatic carbocycles. The van der Waals surface area contributed by atoms with E-state index in [2.05, 4.69) is 31.3 Å². The molecule has 0 heterocycles. The van der Waals surface area contributed by atoms with Gasteiger partial charge < -0.3 is 0 Å². The molecule has 3 rings (SSSR count). The highest BCUT2D eigenvalue weighted by atomic mass is 16.6. The molecule has 24 heavy (non-hydrogen) atoms. The molecule has 2 aliphatic rings. The van der Waals surface area contributed by atoms with E-state index in [0.717, 1.165) is 24.6 Å². The van der Waals surface area contributed by atoms with Crippen LogP contribution in [0.15, 0.2) is 23.3 Å². The third kappa shape index (κ3) is 2.24. The first-order chi connectivity index (χ1) is 11.2. The third-order valence-corrected chi connectivity index (χ3v) is 6.21. The Labute approximate surface area is 139 Å². The van der Waals surface area contributed by atoms with Crippen molar-refractivity contribution in [2.75, 3.05) is 5.43 Å². The maximum Gasteiger partial charge on any atom is 0.301 e. The van der Waals surface area contributed by atoms with Crippen LogP contribution in [0, 0.1) is 37.0 Å². The van der Waals surface area contributed by atoms with Crippen molar-refractivity contribution in [3.63, 3.8) is 0 Å². The minimum atomic E-state index is -0.651. The number of anilines is 1. The molecule has 0 saturated heterocycles. The fourth-order valence-corrected chi connectivity index (χ4v) is 4.10. The molecular weight excluding hydrogens is 312 g/mol. The number of hydrogen-bond donors (Lipinski definition) is 1. The van der Waals surface area contributed by atoms with Crippen LogP contribution in [-0.2, 0) is 0 Å². The lowest BCUT2D eigenvalue weighted by Gasteiger charge is -2.34. The molecule has 2 atom stereocenters. The van der Waals surface area contributed by atoms with E-state index in [0.29, 0.717) is 5.92 Å². The van der Waals surface area contributed by atoms with Crippen LogP contribution in [0.4, 0.5) is 17.1 Å². The summed E-state index contributed by atoms with van der Waals surface area (Å²) in [4.78, 5) is 20.7. The molecule has 1 aromatic rings. The predicted octanol–water partition coefficient (Wildman–Crippen LogP) is 4.12. The summed E-state index contributed by atoms with van der Waals surface area (Å²) in [5.74, 6) is 0.579. The van der Waals surface area contributed by atoms with Crippen molar-refractivity contribution in [1.82, 2.24) is 0 Å². The Morgan fingerprint density at radius 1 is 1.21 bits per heavy atom. The first-order valence-corrected chi connectivity index (χ1v) is 7.93. The summed E-state index contributed by atoms with van der Waals surface area (Å²) >= 11 is 0. The van der Waals surface area contributed by atoms with Gasteiger partial charge in [-0.1, -0.05) is 20.8 Å². The van der Waals surface area contributed by atoms with Gasteiger partial charge in [0.2, 0.25) is 0 Å². The number of nitro benzene ring substituents is 2. The van der Waals surface area contributed by atoms with E-state index in [1.165, 1.54) is 18.6 Å². The minimum absolute atomic E-state index is 0.0137. The Morgan fingerprint density at radius 2 is 1.92 bits per heavy atom. The fraction of sp³-hybridized carbons (Fsp3) is 0.562. The van der Waals surface area contributed by atoms with Gasteiger partial charge in [-0.25, -0.2) is 0 Å². The highest BCUT2D eigenvalue weighted by molar-refractivity contribution is 5.95. The average Bonchev–Trinajstić information content (AvgIpc) is 2.85. The molecule has 0 radical (unpaired) electrons. The van der Waals surface area contributed by atoms with E-state index in [4.69, 9.17) is 0 Å². The van der Waals surface area contributed by atoms with Crippen LogP contribution >= 0.6 is 0 Å². The Balaban J connectivity index is 1.90. The minimum Gasteiger partial charge on any atom is -0.272 e. The molecule has 2 fully saturated rings. The number of hydrogen-bond acceptors (Lipinski definition) is 6. The topological polar surface area (TPSA) is 111 Å². The third-order valence-electron chi connectivity index (χ3n) is 6.21. The van der Waals surface area contributed by atoms with E-state index in [1.54, 1.807) is 0 Å². The highest BCUT2D eigenvalue weighted by Crippen LogP contribution is 2.63. The number of hydrazone groups is 1. The molecule has 0 spiro atoms. The van der Waals surface area contributed by atoms with Gasteiger partial charge in [0.1, 0.15) is 5.69 Å². The van der Waals surface area contributed by atoms with Gasteiger partial charge in [0.05, 0.1) is 15.9 Å². The summed E-state index contributed by atoms with van der Waals surface area (Å²) in [6.07, 6.45) is 3.13. The van der Waals surface area contributed by atoms with Crippen LogP contribution in [0.1, 0.15) is 40.0 Å². The molecule has 1 N–H and O–H groups in total. The molecule has 8 nitrogen and oxygen atoms in total. The molecule has 8 heteroatoms. The molecule has 2 saturated carbocycles. The van der Waals surface area contributed by atoms with Gasteiger partial charge >= 0.3 is 5.69 Å². The second-order valence-electron chi connectivity index (χ2n) is 7.38. The number of rotatable bonds is 4. The van der Waals surface area contributed by atoms with Crippen LogP contribution in [0.25, 0.3) is 0 Å². The standard InChI is InChI=1S/C16H20N4O4/c1-15(2)10-6-7-16(15,3)14(8-10)18-17-12-5-4-11(19(21)22)9-13(12)20(23)24/h4-5,9-10,17H,6-8H2,1-3H3/b18-14-. The largest absolute Gasteiger partial charge is 0.301 e. The van der Waals surface area contributed by atoms with Gasteiger partial charge in [-0.05, 0) is 36.7 Å². The molecule has 1 aromatic carbocycles. The smallest absolute Gasteiger partial charge is 0.272 e. The van der Waals surface area contributed by atoms with Gasteiger partial charge in [0.25, 0.3) is 5.69 Å². The Kier molecular flexibility index (Phi) is 3.58. The fourth-order valence-electron chi connectivity index (χ4n) is 4.10. The van der Waals surface area contributed by atoms with Gasteiger partial charge in [-0.15, -0.1) is 0 Å². The van der Waals surface area contributed by atoms with E-state index < -0.39 is 9.85 Å². The van der Waals surface area contributed by atoms with Crippen molar-refractivity contribution in [2.24, 2.45) is 21.8 Å². The summed E-state index contributed by atoms with van der Waals surface area (Å²) < 4.78 is 0. The van der Waals surface area contributed by atoms with Crippen molar-refractivity contribution >= 4 is 22.8 Å². The summed E-state index contributed by atoms with van der Waals surface area (Å²) in [7, 11) is 0. The van der Waals surface area contributed by atoms with Crippen LogP contribution in [0.2, 0.25) is 0 Å². The van der Waals surface area contributed by atoms with Crippen LogP contribution in [0.5, 0.6) is 0 Å². The molecule has 2 unspecified atom stereocenters. The van der Waals surface area contributed by atoms with Crippen molar-refractivity contribution in [3.05, 3.63) is 38.4 Å². The number of nitro groups is 2. The van der Waals surface area contributed by atoms with E-state index in [1.807, 2.05) is 0 Å². The SMILES string of the molecule is CC12CCC(C/C1=N/Nc1ccc([N+](=O)[O-])cc1[N+](=O)[O-])C2(C)C. The molecule has 0 amide bonds. The van der Waals surface area contributed by atoms with E-state index in [-0.39, 0.29) is 27.9 Å². The molecule has 128 valence electrons. The monoisotopic (exact) mass is 332 g/mol. The predicted molar refractivity (Wildman–Crippen MR) is 90.0 cm³/mol. The average molecular weight is 332 g/mol. The number of nitrogens with zero attached hydrogens (tertiary/aromatic N) is 3. The molecule has 2 bridgehead atoms. The number of fused-ring (bicyclic) bond motifs is 2. The van der Waals surface area contributed by atoms with Crippen LogP contribution in [0.3, 0.4) is 0 Å². The number of non-ortho nitro benzene ring substituents is 1. The normalized spacial score (nSPS) is 29.0. The number of benzene rings is 1. The van der Waals surface area contributed by atoms with Crippen molar-refractivity contribution in [1.29, 1.82) is 0 Å². The molecule has 0 aromatic heterocycles. The zero-order valence-electron chi connectivity index (χ0n) is 13.9. The first kappa shape index (κ1) is 16.4. The first-order valence-electron chi connectivity index (χ1n) is 7.93. The van der Waals surface area contributed by atoms with Gasteiger partial charge in [-0.3, -0.25) is 25.7 Å². The summed E-state index contributed by atoms with van der Waals surface area (Å²) in [6.45, 7) is 6.70. The summed E-state index contributed by atoms with van der Waals surface area (Å²) in [6, 6.07) is 3.53. The Hall–Kier alpha value is -2.51. The Bertz CT molecular complexity index is 758. The zero-order valence-corrected chi connectivity index (χ0v) is 13.9. The lowest BCUT2D eigenvalue weighted by atomic mass is 9.70. The zero-order chi connectivity index (χ0) is 17.7. The maximum absolute atomic E-state index is 11.2.